The number of aryl methyl sites for hydroxylation is 1. The number of hydrogen-bond donors (Lipinski definition) is 2. The van der Waals surface area contributed by atoms with E-state index in [2.05, 4.69) is 5.32 Å². The van der Waals surface area contributed by atoms with Crippen molar-refractivity contribution in [3.8, 4) is 0 Å². The Morgan fingerprint density at radius 3 is 2.26 bits per heavy atom. The summed E-state index contributed by atoms with van der Waals surface area (Å²) in [6, 6.07) is 11.0. The van der Waals surface area contributed by atoms with Gasteiger partial charge in [0.25, 0.3) is 5.91 Å². The number of carbonyl (C=O) groups is 2. The number of anilines is 1. The number of carboxylic acid groups (broad SMARTS) is 1. The molecule has 0 saturated heterocycles. The number of benzene rings is 2. The molecule has 0 saturated carbocycles. The Hall–Kier alpha value is -2.67. The van der Waals surface area contributed by atoms with Crippen LogP contribution in [-0.2, 0) is 15.6 Å². The van der Waals surface area contributed by atoms with Gasteiger partial charge in [-0.2, -0.15) is 0 Å². The van der Waals surface area contributed by atoms with E-state index in [0.29, 0.717) is 16.8 Å². The number of aromatic carboxylic acids is 1. The van der Waals surface area contributed by atoms with Crippen LogP contribution >= 0.6 is 0 Å². The van der Waals surface area contributed by atoms with Crippen molar-refractivity contribution < 1.29 is 23.1 Å². The molecule has 1 amide bonds. The third-order valence-electron chi connectivity index (χ3n) is 4.06. The number of amides is 1. The second-order valence-corrected chi connectivity index (χ2v) is 10.2. The monoisotopic (exact) mass is 389 g/mol. The zero-order valence-corrected chi connectivity index (χ0v) is 16.6. The van der Waals surface area contributed by atoms with Crippen LogP contribution in [0.2, 0.25) is 0 Å². The van der Waals surface area contributed by atoms with Gasteiger partial charge in [0.1, 0.15) is 0 Å². The number of nitrogens with one attached hydrogen (secondary N) is 1. The quantitative estimate of drug-likeness (QED) is 0.813. The lowest BCUT2D eigenvalue weighted by Gasteiger charge is -2.19. The number of carboxylic acids is 1. The highest BCUT2D eigenvalue weighted by Gasteiger charge is 2.29. The van der Waals surface area contributed by atoms with Crippen molar-refractivity contribution in [3.63, 3.8) is 0 Å². The summed E-state index contributed by atoms with van der Waals surface area (Å²) in [6.45, 7) is 6.64. The summed E-state index contributed by atoms with van der Waals surface area (Å²) in [5.41, 5.74) is 1.92. The lowest BCUT2D eigenvalue weighted by molar-refractivity contribution is 0.0696. The summed E-state index contributed by atoms with van der Waals surface area (Å²) in [4.78, 5) is 23.6. The minimum atomic E-state index is -3.35. The third kappa shape index (κ3) is 5.17. The minimum Gasteiger partial charge on any atom is -0.478 e. The van der Waals surface area contributed by atoms with Crippen molar-refractivity contribution in [2.45, 2.75) is 38.2 Å². The van der Waals surface area contributed by atoms with Crippen molar-refractivity contribution in [1.82, 2.24) is 0 Å². The van der Waals surface area contributed by atoms with Crippen LogP contribution in [0.5, 0.6) is 0 Å². The van der Waals surface area contributed by atoms with Crippen LogP contribution in [0.25, 0.3) is 0 Å². The van der Waals surface area contributed by atoms with Crippen molar-refractivity contribution in [2.24, 2.45) is 0 Å². The van der Waals surface area contributed by atoms with E-state index < -0.39 is 26.5 Å². The van der Waals surface area contributed by atoms with Gasteiger partial charge in [-0.15, -0.1) is 0 Å². The van der Waals surface area contributed by atoms with E-state index in [9.17, 15) is 18.0 Å². The van der Waals surface area contributed by atoms with Crippen LogP contribution in [0, 0.1) is 6.92 Å². The smallest absolute Gasteiger partial charge is 0.335 e. The van der Waals surface area contributed by atoms with Gasteiger partial charge in [-0.3, -0.25) is 4.79 Å². The fourth-order valence-corrected chi connectivity index (χ4v) is 3.47. The maximum Gasteiger partial charge on any atom is 0.335 e. The van der Waals surface area contributed by atoms with E-state index in [1.54, 1.807) is 58.0 Å². The van der Waals surface area contributed by atoms with Crippen LogP contribution in [0.3, 0.4) is 0 Å². The van der Waals surface area contributed by atoms with Crippen molar-refractivity contribution in [3.05, 3.63) is 64.7 Å². The Morgan fingerprint density at radius 1 is 1.04 bits per heavy atom. The summed E-state index contributed by atoms with van der Waals surface area (Å²) in [7, 11) is -3.35. The van der Waals surface area contributed by atoms with Crippen LogP contribution in [0.15, 0.2) is 42.5 Å². The summed E-state index contributed by atoms with van der Waals surface area (Å²) in [6.07, 6.45) is 0. The molecule has 0 aliphatic heterocycles. The van der Waals surface area contributed by atoms with Gasteiger partial charge < -0.3 is 10.4 Å². The van der Waals surface area contributed by atoms with E-state index in [-0.39, 0.29) is 16.9 Å². The molecule has 0 fully saturated rings. The van der Waals surface area contributed by atoms with E-state index in [1.807, 2.05) is 0 Å². The third-order valence-corrected chi connectivity index (χ3v) is 6.64. The molecular formula is C20H23NO5S. The Kier molecular flexibility index (Phi) is 5.75. The highest BCUT2D eigenvalue weighted by Crippen LogP contribution is 2.22. The fourth-order valence-electron chi connectivity index (χ4n) is 2.42. The SMILES string of the molecule is Cc1cc(C(=O)O)cc(C(=O)Nc2cccc(CS(=O)(=O)C(C)(C)C)c2)c1. The molecule has 2 aromatic rings. The van der Waals surface area contributed by atoms with Gasteiger partial charge in [-0.05, 0) is 69.2 Å². The second kappa shape index (κ2) is 7.52. The number of sulfone groups is 1. The van der Waals surface area contributed by atoms with Gasteiger partial charge in [-0.1, -0.05) is 12.1 Å². The number of carbonyl (C=O) groups excluding carboxylic acids is 1. The van der Waals surface area contributed by atoms with Crippen LogP contribution < -0.4 is 5.32 Å². The molecule has 144 valence electrons. The summed E-state index contributed by atoms with van der Waals surface area (Å²) in [5, 5.41) is 11.8. The van der Waals surface area contributed by atoms with Gasteiger partial charge in [0, 0.05) is 11.3 Å². The molecular weight excluding hydrogens is 366 g/mol. The molecule has 27 heavy (non-hydrogen) atoms. The molecule has 0 bridgehead atoms. The van der Waals surface area contributed by atoms with Crippen molar-refractivity contribution >= 4 is 27.4 Å². The lowest BCUT2D eigenvalue weighted by atomic mass is 10.1. The predicted octanol–water partition coefficient (Wildman–Crippen LogP) is 3.66. The average molecular weight is 389 g/mol. The first kappa shape index (κ1) is 20.6. The molecule has 0 radical (unpaired) electrons. The molecule has 0 aromatic heterocycles. The zero-order valence-electron chi connectivity index (χ0n) is 15.7. The molecule has 0 aliphatic carbocycles. The first-order valence-electron chi connectivity index (χ1n) is 8.36. The van der Waals surface area contributed by atoms with E-state index >= 15 is 0 Å². The van der Waals surface area contributed by atoms with Crippen LogP contribution in [0.1, 0.15) is 52.6 Å². The Morgan fingerprint density at radius 2 is 1.67 bits per heavy atom. The fraction of sp³-hybridized carbons (Fsp3) is 0.300. The standard InChI is InChI=1S/C20H23NO5S/c1-13-8-15(11-16(9-13)19(23)24)18(22)21-17-7-5-6-14(10-17)12-27(25,26)20(2,3)4/h5-11H,12H2,1-4H3,(H,21,22)(H,23,24). The van der Waals surface area contributed by atoms with E-state index in [4.69, 9.17) is 5.11 Å². The molecule has 6 nitrogen and oxygen atoms in total. The molecule has 2 N–H and O–H groups in total. The van der Waals surface area contributed by atoms with Gasteiger partial charge in [0.05, 0.1) is 16.1 Å². The summed E-state index contributed by atoms with van der Waals surface area (Å²) in [5.74, 6) is -1.70. The maximum absolute atomic E-state index is 12.5. The van der Waals surface area contributed by atoms with Crippen molar-refractivity contribution in [1.29, 1.82) is 0 Å². The average Bonchev–Trinajstić information content (AvgIpc) is 2.53. The molecule has 7 heteroatoms. The summed E-state index contributed by atoms with van der Waals surface area (Å²) < 4.78 is 23.9. The highest BCUT2D eigenvalue weighted by atomic mass is 32.2. The molecule has 2 rings (SSSR count). The van der Waals surface area contributed by atoms with Crippen LogP contribution in [0.4, 0.5) is 5.69 Å². The van der Waals surface area contributed by atoms with Gasteiger partial charge in [0.15, 0.2) is 9.84 Å². The van der Waals surface area contributed by atoms with Gasteiger partial charge in [0.2, 0.25) is 0 Å². The minimum absolute atomic E-state index is 0.0326. The first-order valence-corrected chi connectivity index (χ1v) is 10.0. The van der Waals surface area contributed by atoms with E-state index in [0.717, 1.165) is 0 Å². The highest BCUT2D eigenvalue weighted by molar-refractivity contribution is 7.91. The van der Waals surface area contributed by atoms with Gasteiger partial charge in [-0.25, -0.2) is 13.2 Å². The molecule has 0 aliphatic rings. The topological polar surface area (TPSA) is 101 Å². The molecule has 0 atom stereocenters. The van der Waals surface area contributed by atoms with Gasteiger partial charge >= 0.3 is 5.97 Å². The zero-order chi connectivity index (χ0) is 20.4. The Balaban J connectivity index is 2.24. The Labute approximate surface area is 159 Å². The van der Waals surface area contributed by atoms with E-state index in [1.165, 1.54) is 12.1 Å². The predicted molar refractivity (Wildman–Crippen MR) is 105 cm³/mol. The molecule has 0 unspecified atom stereocenters. The maximum atomic E-state index is 12.5. The molecule has 2 aromatic carbocycles. The number of hydrogen-bond acceptors (Lipinski definition) is 4. The summed E-state index contributed by atoms with van der Waals surface area (Å²) >= 11 is 0. The lowest BCUT2D eigenvalue weighted by Crippen LogP contribution is -2.29. The molecule has 0 spiro atoms. The normalized spacial score (nSPS) is 11.9. The van der Waals surface area contributed by atoms with Crippen molar-refractivity contribution in [2.75, 3.05) is 5.32 Å². The molecule has 0 heterocycles. The largest absolute Gasteiger partial charge is 0.478 e. The number of rotatable bonds is 5. The first-order chi connectivity index (χ1) is 12.4. The van der Waals surface area contributed by atoms with Crippen LogP contribution in [-0.4, -0.2) is 30.1 Å². The second-order valence-electron chi connectivity index (χ2n) is 7.42. The Bertz CT molecular complexity index is 988.